The molecule has 0 aromatic heterocycles. The Labute approximate surface area is 101 Å². The van der Waals surface area contributed by atoms with E-state index >= 15 is 0 Å². The van der Waals surface area contributed by atoms with Crippen LogP contribution in [0.3, 0.4) is 0 Å². The molecule has 2 aliphatic heterocycles. The van der Waals surface area contributed by atoms with Gasteiger partial charge in [-0.15, -0.1) is 0 Å². The SMILES string of the molecule is COC(=O)C1(C(=O)OC)CCCN2CCCC21. The molecule has 5 nitrogen and oxygen atoms in total. The van der Waals surface area contributed by atoms with E-state index in [9.17, 15) is 9.59 Å². The molecule has 2 saturated heterocycles. The third-order valence-electron chi connectivity index (χ3n) is 4.05. The van der Waals surface area contributed by atoms with Gasteiger partial charge in [0.1, 0.15) is 0 Å². The summed E-state index contributed by atoms with van der Waals surface area (Å²) in [6.07, 6.45) is 3.26. The molecule has 0 radical (unpaired) electrons. The molecule has 1 unspecified atom stereocenters. The van der Waals surface area contributed by atoms with Crippen LogP contribution in [0.1, 0.15) is 25.7 Å². The van der Waals surface area contributed by atoms with Crippen LogP contribution in [0.25, 0.3) is 0 Å². The Hall–Kier alpha value is -1.10. The average Bonchev–Trinajstić information content (AvgIpc) is 2.84. The van der Waals surface area contributed by atoms with Crippen LogP contribution in [-0.2, 0) is 19.1 Å². The van der Waals surface area contributed by atoms with Gasteiger partial charge in [-0.1, -0.05) is 0 Å². The molecule has 2 aliphatic rings. The first kappa shape index (κ1) is 12.4. The van der Waals surface area contributed by atoms with Gasteiger partial charge in [0.25, 0.3) is 0 Å². The van der Waals surface area contributed by atoms with E-state index in [1.807, 2.05) is 0 Å². The van der Waals surface area contributed by atoms with Gasteiger partial charge < -0.3 is 9.47 Å². The molecule has 0 amide bonds. The lowest BCUT2D eigenvalue weighted by atomic mass is 9.72. The zero-order valence-corrected chi connectivity index (χ0v) is 10.4. The van der Waals surface area contributed by atoms with E-state index in [2.05, 4.69) is 4.90 Å². The first-order valence-corrected chi connectivity index (χ1v) is 6.07. The van der Waals surface area contributed by atoms with Crippen molar-refractivity contribution < 1.29 is 19.1 Å². The lowest BCUT2D eigenvalue weighted by molar-refractivity contribution is -0.177. The highest BCUT2D eigenvalue weighted by Gasteiger charge is 2.58. The number of carbonyl (C=O) groups excluding carboxylic acids is 2. The maximum absolute atomic E-state index is 12.1. The number of carbonyl (C=O) groups is 2. The van der Waals surface area contributed by atoms with Crippen molar-refractivity contribution in [2.45, 2.75) is 31.7 Å². The van der Waals surface area contributed by atoms with Gasteiger partial charge in [-0.25, -0.2) is 0 Å². The molecular formula is C12H19NO4. The van der Waals surface area contributed by atoms with E-state index in [0.717, 1.165) is 32.4 Å². The van der Waals surface area contributed by atoms with Crippen LogP contribution in [0.15, 0.2) is 0 Å². The molecule has 0 aromatic carbocycles. The van der Waals surface area contributed by atoms with Crippen LogP contribution in [0.2, 0.25) is 0 Å². The smallest absolute Gasteiger partial charge is 0.324 e. The number of hydrogen-bond acceptors (Lipinski definition) is 5. The summed E-state index contributed by atoms with van der Waals surface area (Å²) < 4.78 is 9.72. The van der Waals surface area contributed by atoms with Crippen molar-refractivity contribution in [3.05, 3.63) is 0 Å². The Morgan fingerprint density at radius 2 is 1.71 bits per heavy atom. The van der Waals surface area contributed by atoms with Crippen LogP contribution in [0.4, 0.5) is 0 Å². The van der Waals surface area contributed by atoms with E-state index in [1.54, 1.807) is 0 Å². The van der Waals surface area contributed by atoms with Gasteiger partial charge in [0, 0.05) is 6.04 Å². The van der Waals surface area contributed by atoms with E-state index in [0.29, 0.717) is 6.42 Å². The second kappa shape index (κ2) is 4.64. The van der Waals surface area contributed by atoms with Crippen LogP contribution in [0, 0.1) is 5.41 Å². The van der Waals surface area contributed by atoms with Crippen molar-refractivity contribution in [1.29, 1.82) is 0 Å². The van der Waals surface area contributed by atoms with Crippen LogP contribution >= 0.6 is 0 Å². The van der Waals surface area contributed by atoms with Crippen molar-refractivity contribution in [1.82, 2.24) is 4.90 Å². The fourth-order valence-electron chi connectivity index (χ4n) is 3.30. The second-order valence-electron chi connectivity index (χ2n) is 4.75. The molecule has 0 aliphatic carbocycles. The lowest BCUT2D eigenvalue weighted by Gasteiger charge is -2.42. The molecule has 96 valence electrons. The molecule has 0 saturated carbocycles. The minimum atomic E-state index is -1.10. The van der Waals surface area contributed by atoms with Gasteiger partial charge in [-0.2, -0.15) is 0 Å². The third-order valence-corrected chi connectivity index (χ3v) is 4.05. The molecular weight excluding hydrogens is 222 g/mol. The first-order chi connectivity index (χ1) is 8.16. The Morgan fingerprint density at radius 3 is 2.29 bits per heavy atom. The number of methoxy groups -OCH3 is 2. The average molecular weight is 241 g/mol. The maximum atomic E-state index is 12.1. The third kappa shape index (κ3) is 1.73. The number of piperidine rings is 1. The second-order valence-corrected chi connectivity index (χ2v) is 4.75. The molecule has 2 fully saturated rings. The Balaban J connectivity index is 2.37. The standard InChI is InChI=1S/C12H19NO4/c1-16-10(14)12(11(15)17-2)6-4-8-13-7-3-5-9(12)13/h9H,3-8H2,1-2H3. The minimum absolute atomic E-state index is 0.0452. The lowest BCUT2D eigenvalue weighted by Crippen LogP contribution is -2.58. The number of esters is 2. The Kier molecular flexibility index (Phi) is 3.38. The largest absolute Gasteiger partial charge is 0.468 e. The molecule has 0 aromatic rings. The number of hydrogen-bond donors (Lipinski definition) is 0. The Bertz CT molecular complexity index is 312. The molecule has 2 rings (SSSR count). The predicted octanol–water partition coefficient (Wildman–Crippen LogP) is 0.577. The number of rotatable bonds is 2. The summed E-state index contributed by atoms with van der Waals surface area (Å²) in [5.74, 6) is -0.887. The molecule has 0 N–H and O–H groups in total. The maximum Gasteiger partial charge on any atom is 0.324 e. The highest BCUT2D eigenvalue weighted by atomic mass is 16.5. The van der Waals surface area contributed by atoms with E-state index < -0.39 is 17.4 Å². The fraction of sp³-hybridized carbons (Fsp3) is 0.833. The monoisotopic (exact) mass is 241 g/mol. The van der Waals surface area contributed by atoms with Crippen molar-refractivity contribution >= 4 is 11.9 Å². The van der Waals surface area contributed by atoms with Crippen molar-refractivity contribution in [2.75, 3.05) is 27.3 Å². The summed E-state index contributed by atoms with van der Waals surface area (Å²) in [4.78, 5) is 26.4. The highest BCUT2D eigenvalue weighted by Crippen LogP contribution is 2.43. The molecule has 17 heavy (non-hydrogen) atoms. The molecule has 2 heterocycles. The zero-order valence-electron chi connectivity index (χ0n) is 10.4. The summed E-state index contributed by atoms with van der Waals surface area (Å²) in [6, 6.07) is -0.0452. The van der Waals surface area contributed by atoms with E-state index in [-0.39, 0.29) is 6.04 Å². The number of fused-ring (bicyclic) bond motifs is 1. The van der Waals surface area contributed by atoms with Crippen LogP contribution < -0.4 is 0 Å². The summed E-state index contributed by atoms with van der Waals surface area (Å²) in [6.45, 7) is 1.92. The quantitative estimate of drug-likeness (QED) is 0.523. The van der Waals surface area contributed by atoms with Crippen molar-refractivity contribution in [3.63, 3.8) is 0 Å². The normalized spacial score (nSPS) is 27.3. The van der Waals surface area contributed by atoms with Crippen molar-refractivity contribution in [2.24, 2.45) is 5.41 Å². The molecule has 5 heteroatoms. The van der Waals surface area contributed by atoms with Gasteiger partial charge >= 0.3 is 11.9 Å². The molecule has 0 bridgehead atoms. The topological polar surface area (TPSA) is 55.8 Å². The number of ether oxygens (including phenoxy) is 2. The van der Waals surface area contributed by atoms with Crippen LogP contribution in [0.5, 0.6) is 0 Å². The van der Waals surface area contributed by atoms with Gasteiger partial charge in [-0.05, 0) is 38.8 Å². The number of nitrogens with zero attached hydrogens (tertiary/aromatic N) is 1. The minimum Gasteiger partial charge on any atom is -0.468 e. The first-order valence-electron chi connectivity index (χ1n) is 6.07. The summed E-state index contributed by atoms with van der Waals surface area (Å²) in [5, 5.41) is 0. The molecule has 1 atom stereocenters. The highest BCUT2D eigenvalue weighted by molar-refractivity contribution is 6.01. The van der Waals surface area contributed by atoms with E-state index in [4.69, 9.17) is 9.47 Å². The summed E-state index contributed by atoms with van der Waals surface area (Å²) in [5.41, 5.74) is -1.10. The van der Waals surface area contributed by atoms with E-state index in [1.165, 1.54) is 14.2 Å². The Morgan fingerprint density at radius 1 is 1.12 bits per heavy atom. The summed E-state index contributed by atoms with van der Waals surface area (Å²) >= 11 is 0. The molecule has 0 spiro atoms. The predicted molar refractivity (Wildman–Crippen MR) is 60.3 cm³/mol. The van der Waals surface area contributed by atoms with Crippen molar-refractivity contribution in [3.8, 4) is 0 Å². The van der Waals surface area contributed by atoms with Gasteiger partial charge in [-0.3, -0.25) is 14.5 Å². The van der Waals surface area contributed by atoms with Gasteiger partial charge in [0.05, 0.1) is 14.2 Å². The van der Waals surface area contributed by atoms with Crippen LogP contribution in [-0.4, -0.2) is 50.2 Å². The zero-order chi connectivity index (χ0) is 12.5. The summed E-state index contributed by atoms with van der Waals surface area (Å²) in [7, 11) is 2.67. The fourth-order valence-corrected chi connectivity index (χ4v) is 3.30. The van der Waals surface area contributed by atoms with Gasteiger partial charge in [0.15, 0.2) is 5.41 Å². The van der Waals surface area contributed by atoms with Gasteiger partial charge in [0.2, 0.25) is 0 Å².